The maximum absolute atomic E-state index is 10.2. The molecule has 1 aliphatic carbocycles. The number of nitrogens with zero attached hydrogens (tertiary/aromatic N) is 1. The van der Waals surface area contributed by atoms with Gasteiger partial charge < -0.3 is 14.9 Å². The molecule has 0 aromatic heterocycles. The van der Waals surface area contributed by atoms with E-state index < -0.39 is 12.6 Å². The Bertz CT molecular complexity index is 294. The molecule has 1 aliphatic rings. The molecule has 21 heavy (non-hydrogen) atoms. The van der Waals surface area contributed by atoms with E-state index >= 15 is 0 Å². The maximum atomic E-state index is 10.2. The van der Waals surface area contributed by atoms with E-state index in [4.69, 9.17) is 4.74 Å². The largest absolute Gasteiger partial charge is 0.378 e. The van der Waals surface area contributed by atoms with Gasteiger partial charge in [-0.25, -0.2) is 0 Å². The van der Waals surface area contributed by atoms with Crippen LogP contribution >= 0.6 is 0 Å². The summed E-state index contributed by atoms with van der Waals surface area (Å²) in [4.78, 5) is 2.02. The molecule has 5 heteroatoms. The molecule has 0 aromatic carbocycles. The molecule has 0 radical (unpaired) electrons. The van der Waals surface area contributed by atoms with E-state index in [2.05, 4.69) is 12.2 Å². The van der Waals surface area contributed by atoms with Crippen LogP contribution in [-0.2, 0) is 4.74 Å². The number of hydrogen-bond donors (Lipinski definition) is 3. The average Bonchev–Trinajstić information content (AvgIpc) is 2.72. The SMILES string of the molecule is C[C@H]1CCC[C@H]1CN(C)[C@@H](O)CCN[C@@H](O)OC(C)(C)C. The van der Waals surface area contributed by atoms with Gasteiger partial charge in [-0.15, -0.1) is 0 Å². The van der Waals surface area contributed by atoms with Crippen molar-refractivity contribution in [3.8, 4) is 0 Å². The maximum Gasteiger partial charge on any atom is 0.214 e. The minimum absolute atomic E-state index is 0.388. The second-order valence-electron chi connectivity index (χ2n) is 7.41. The lowest BCUT2D eigenvalue weighted by Gasteiger charge is -2.29. The zero-order valence-corrected chi connectivity index (χ0v) is 14.3. The van der Waals surface area contributed by atoms with Crippen LogP contribution < -0.4 is 5.32 Å². The fraction of sp³-hybridized carbons (Fsp3) is 1.00. The fourth-order valence-electron chi connectivity index (χ4n) is 2.92. The Morgan fingerprint density at radius 3 is 2.48 bits per heavy atom. The van der Waals surface area contributed by atoms with Gasteiger partial charge in [0.15, 0.2) is 0 Å². The first kappa shape index (κ1) is 18.8. The highest BCUT2D eigenvalue weighted by Gasteiger charge is 2.26. The summed E-state index contributed by atoms with van der Waals surface area (Å²) >= 11 is 0. The monoisotopic (exact) mass is 302 g/mol. The normalized spacial score (nSPS) is 26.3. The van der Waals surface area contributed by atoms with Crippen molar-refractivity contribution < 1.29 is 14.9 Å². The van der Waals surface area contributed by atoms with Crippen LogP contribution in [0.4, 0.5) is 0 Å². The van der Waals surface area contributed by atoms with Gasteiger partial charge in [-0.05, 0) is 52.5 Å². The van der Waals surface area contributed by atoms with Gasteiger partial charge in [-0.3, -0.25) is 10.2 Å². The first-order valence-corrected chi connectivity index (χ1v) is 8.16. The Balaban J connectivity index is 2.19. The van der Waals surface area contributed by atoms with E-state index in [0.29, 0.717) is 18.9 Å². The van der Waals surface area contributed by atoms with Crippen LogP contribution in [0, 0.1) is 11.8 Å². The molecular weight excluding hydrogens is 268 g/mol. The summed E-state index contributed by atoms with van der Waals surface area (Å²) in [6.07, 6.45) is 3.00. The highest BCUT2D eigenvalue weighted by Crippen LogP contribution is 2.31. The Hall–Kier alpha value is -0.200. The molecule has 126 valence electrons. The van der Waals surface area contributed by atoms with Crippen molar-refractivity contribution in [1.82, 2.24) is 10.2 Å². The van der Waals surface area contributed by atoms with Gasteiger partial charge in [0, 0.05) is 13.1 Å². The number of nitrogens with one attached hydrogen (secondary N) is 1. The summed E-state index contributed by atoms with van der Waals surface area (Å²) in [6.45, 7) is 9.45. The van der Waals surface area contributed by atoms with Crippen LogP contribution in [0.5, 0.6) is 0 Å². The average molecular weight is 302 g/mol. The lowest BCUT2D eigenvalue weighted by atomic mass is 9.97. The van der Waals surface area contributed by atoms with Crippen LogP contribution in [0.3, 0.4) is 0 Å². The lowest BCUT2D eigenvalue weighted by Crippen LogP contribution is -2.42. The smallest absolute Gasteiger partial charge is 0.214 e. The van der Waals surface area contributed by atoms with Gasteiger partial charge in [0.1, 0.15) is 6.23 Å². The second-order valence-corrected chi connectivity index (χ2v) is 7.41. The highest BCUT2D eigenvalue weighted by molar-refractivity contribution is 4.77. The van der Waals surface area contributed by atoms with Crippen molar-refractivity contribution in [2.45, 2.75) is 71.6 Å². The molecule has 0 aromatic rings. The van der Waals surface area contributed by atoms with Gasteiger partial charge >= 0.3 is 0 Å². The van der Waals surface area contributed by atoms with E-state index in [9.17, 15) is 10.2 Å². The first-order valence-electron chi connectivity index (χ1n) is 8.16. The summed E-state index contributed by atoms with van der Waals surface area (Å²) < 4.78 is 5.35. The van der Waals surface area contributed by atoms with E-state index in [-0.39, 0.29) is 5.60 Å². The summed E-state index contributed by atoms with van der Waals surface area (Å²) in [5.74, 6) is 1.47. The molecule has 0 unspecified atom stereocenters. The van der Waals surface area contributed by atoms with Crippen molar-refractivity contribution in [3.63, 3.8) is 0 Å². The van der Waals surface area contributed by atoms with Crippen molar-refractivity contribution in [3.05, 3.63) is 0 Å². The van der Waals surface area contributed by atoms with Gasteiger partial charge in [0.25, 0.3) is 0 Å². The molecular formula is C16H34N2O3. The van der Waals surface area contributed by atoms with E-state index in [1.165, 1.54) is 19.3 Å². The molecule has 0 saturated heterocycles. The Labute approximate surface area is 129 Å². The highest BCUT2D eigenvalue weighted by atomic mass is 16.6. The summed E-state index contributed by atoms with van der Waals surface area (Å²) in [7, 11) is 1.97. The summed E-state index contributed by atoms with van der Waals surface area (Å²) in [6, 6.07) is 0. The Morgan fingerprint density at radius 1 is 1.29 bits per heavy atom. The standard InChI is InChI=1S/C16H34N2O3/c1-12-7-6-8-13(12)11-18(5)14(19)9-10-17-15(20)21-16(2,3)4/h12-15,17,19-20H,6-11H2,1-5H3/t12-,13-,14-,15-/m0/s1. The van der Waals surface area contributed by atoms with Crippen LogP contribution in [0.25, 0.3) is 0 Å². The van der Waals surface area contributed by atoms with Crippen molar-refractivity contribution in [1.29, 1.82) is 0 Å². The van der Waals surface area contributed by atoms with E-state index in [0.717, 1.165) is 12.5 Å². The summed E-state index contributed by atoms with van der Waals surface area (Å²) in [5.41, 5.74) is -0.388. The van der Waals surface area contributed by atoms with Crippen LogP contribution in [0.15, 0.2) is 0 Å². The van der Waals surface area contributed by atoms with E-state index in [1.807, 2.05) is 32.7 Å². The fourth-order valence-corrected chi connectivity index (χ4v) is 2.92. The molecule has 1 fully saturated rings. The zero-order chi connectivity index (χ0) is 16.0. The molecule has 0 amide bonds. The van der Waals surface area contributed by atoms with Crippen molar-refractivity contribution in [2.75, 3.05) is 20.1 Å². The Morgan fingerprint density at radius 2 is 1.95 bits per heavy atom. The lowest BCUT2D eigenvalue weighted by molar-refractivity contribution is -0.182. The number of ether oxygens (including phenoxy) is 1. The third-order valence-corrected chi connectivity index (χ3v) is 4.26. The van der Waals surface area contributed by atoms with Gasteiger partial charge in [0.2, 0.25) is 6.41 Å². The number of hydrogen-bond acceptors (Lipinski definition) is 5. The third-order valence-electron chi connectivity index (χ3n) is 4.26. The van der Waals surface area contributed by atoms with Crippen LogP contribution in [-0.4, -0.2) is 53.5 Å². The molecule has 3 N–H and O–H groups in total. The molecule has 5 nitrogen and oxygen atoms in total. The number of aliphatic hydroxyl groups excluding tert-OH is 2. The van der Waals surface area contributed by atoms with Crippen LogP contribution in [0.2, 0.25) is 0 Å². The van der Waals surface area contributed by atoms with Gasteiger partial charge in [-0.2, -0.15) is 0 Å². The quantitative estimate of drug-likeness (QED) is 0.596. The van der Waals surface area contributed by atoms with E-state index in [1.54, 1.807) is 0 Å². The molecule has 0 heterocycles. The third kappa shape index (κ3) is 7.56. The number of rotatable bonds is 8. The predicted molar refractivity (Wildman–Crippen MR) is 84.6 cm³/mol. The minimum Gasteiger partial charge on any atom is -0.378 e. The molecule has 0 aliphatic heterocycles. The van der Waals surface area contributed by atoms with Gasteiger partial charge in [-0.1, -0.05) is 19.8 Å². The zero-order valence-electron chi connectivity index (χ0n) is 14.3. The van der Waals surface area contributed by atoms with Crippen LogP contribution in [0.1, 0.15) is 53.4 Å². The minimum atomic E-state index is -0.989. The van der Waals surface area contributed by atoms with Gasteiger partial charge in [0.05, 0.1) is 5.60 Å². The first-order chi connectivity index (χ1) is 9.69. The molecule has 0 bridgehead atoms. The topological polar surface area (TPSA) is 65.0 Å². The molecule has 1 saturated carbocycles. The molecule has 1 rings (SSSR count). The number of aliphatic hydroxyl groups is 2. The molecule has 0 spiro atoms. The van der Waals surface area contributed by atoms with Crippen molar-refractivity contribution in [2.24, 2.45) is 11.8 Å². The Kier molecular flexibility index (Phi) is 7.57. The van der Waals surface area contributed by atoms with Crippen molar-refractivity contribution >= 4 is 0 Å². The predicted octanol–water partition coefficient (Wildman–Crippen LogP) is 1.74. The summed E-state index contributed by atoms with van der Waals surface area (Å²) in [5, 5.41) is 22.7. The second kappa shape index (κ2) is 8.44. The molecule has 4 atom stereocenters.